The molecule has 2 rings (SSSR count). The fourth-order valence-electron chi connectivity index (χ4n) is 2.32. The summed E-state index contributed by atoms with van der Waals surface area (Å²) in [6.07, 6.45) is 1.91. The summed E-state index contributed by atoms with van der Waals surface area (Å²) in [4.78, 5) is 27.3. The van der Waals surface area contributed by atoms with Gasteiger partial charge in [0.1, 0.15) is 5.82 Å². The van der Waals surface area contributed by atoms with Gasteiger partial charge in [0.25, 0.3) is 5.91 Å². The van der Waals surface area contributed by atoms with Crippen molar-refractivity contribution in [3.05, 3.63) is 64.4 Å². The van der Waals surface area contributed by atoms with Crippen LogP contribution in [0.15, 0.2) is 47.4 Å². The third-order valence-electron chi connectivity index (χ3n) is 3.81. The number of nitrogens with one attached hydrogen (secondary N) is 1. The maximum atomic E-state index is 12.9. The number of carbonyl (C=O) groups is 2. The third-order valence-corrected chi connectivity index (χ3v) is 4.87. The topological polar surface area (TPSA) is 49.4 Å². The normalized spacial score (nSPS) is 10.5. The Hall–Kier alpha value is -2.05. The minimum Gasteiger partial charge on any atom is -0.350 e. The van der Waals surface area contributed by atoms with Gasteiger partial charge in [-0.05, 0) is 49.1 Å². The molecule has 0 saturated heterocycles. The van der Waals surface area contributed by atoms with Crippen molar-refractivity contribution in [1.29, 1.82) is 0 Å². The molecule has 0 saturated carbocycles. The van der Waals surface area contributed by atoms with E-state index < -0.39 is 0 Å². The Morgan fingerprint density at radius 3 is 2.50 bits per heavy atom. The fourth-order valence-corrected chi connectivity index (χ4v) is 2.96. The second-order valence-corrected chi connectivity index (χ2v) is 6.86. The van der Waals surface area contributed by atoms with Crippen LogP contribution in [0.25, 0.3) is 0 Å². The molecule has 4 nitrogen and oxygen atoms in total. The van der Waals surface area contributed by atoms with Crippen molar-refractivity contribution >= 4 is 35.2 Å². The zero-order valence-electron chi connectivity index (χ0n) is 14.6. The third kappa shape index (κ3) is 5.47. The van der Waals surface area contributed by atoms with E-state index in [0.29, 0.717) is 17.1 Å². The lowest BCUT2D eigenvalue weighted by Crippen LogP contribution is -2.40. The first-order valence-corrected chi connectivity index (χ1v) is 9.68. The summed E-state index contributed by atoms with van der Waals surface area (Å²) >= 11 is 7.67. The van der Waals surface area contributed by atoms with Crippen LogP contribution in [0.4, 0.5) is 4.39 Å². The number of hydrogen-bond donors (Lipinski definition) is 1. The van der Waals surface area contributed by atoms with Gasteiger partial charge in [-0.25, -0.2) is 4.39 Å². The smallest absolute Gasteiger partial charge is 0.255 e. The van der Waals surface area contributed by atoms with Gasteiger partial charge in [-0.1, -0.05) is 23.7 Å². The van der Waals surface area contributed by atoms with Gasteiger partial charge in [0, 0.05) is 18.0 Å². The molecule has 0 spiro atoms. The molecule has 0 bridgehead atoms. The zero-order valence-corrected chi connectivity index (χ0v) is 16.2. The number of halogens is 2. The molecule has 1 N–H and O–H groups in total. The molecule has 0 aromatic heterocycles. The molecule has 0 radical (unpaired) electrons. The monoisotopic (exact) mass is 394 g/mol. The van der Waals surface area contributed by atoms with Crippen LogP contribution < -0.4 is 5.32 Å². The van der Waals surface area contributed by atoms with E-state index in [9.17, 15) is 14.0 Å². The van der Waals surface area contributed by atoms with Gasteiger partial charge in [0.15, 0.2) is 0 Å². The van der Waals surface area contributed by atoms with Gasteiger partial charge in [0.2, 0.25) is 5.91 Å². The number of hydrogen-bond acceptors (Lipinski definition) is 3. The van der Waals surface area contributed by atoms with Crippen molar-refractivity contribution in [1.82, 2.24) is 10.2 Å². The lowest BCUT2D eigenvalue weighted by atomic mass is 10.2. The Bertz CT molecular complexity index is 784. The Morgan fingerprint density at radius 2 is 1.88 bits per heavy atom. The first-order chi connectivity index (χ1) is 12.4. The van der Waals surface area contributed by atoms with Crippen molar-refractivity contribution in [2.45, 2.75) is 18.4 Å². The van der Waals surface area contributed by atoms with E-state index in [4.69, 9.17) is 11.6 Å². The van der Waals surface area contributed by atoms with Crippen LogP contribution in [0.3, 0.4) is 0 Å². The highest BCUT2D eigenvalue weighted by atomic mass is 35.5. The molecular formula is C19H20ClFN2O2S. The second kappa shape index (κ2) is 9.59. The van der Waals surface area contributed by atoms with Crippen molar-refractivity contribution in [3.63, 3.8) is 0 Å². The average molecular weight is 395 g/mol. The Labute approximate surface area is 161 Å². The van der Waals surface area contributed by atoms with E-state index in [1.165, 1.54) is 28.8 Å². The highest BCUT2D eigenvalue weighted by molar-refractivity contribution is 7.98. The first kappa shape index (κ1) is 20.3. The average Bonchev–Trinajstić information content (AvgIpc) is 2.65. The maximum absolute atomic E-state index is 12.9. The standard InChI is InChI=1S/C19H20ClFN2O2S/c1-3-23(19(25)16-10-15(26-2)8-9-17(16)20)12-18(24)22-11-13-4-6-14(21)7-5-13/h4-10H,3,11-12H2,1-2H3,(H,22,24). The fraction of sp³-hybridized carbons (Fsp3) is 0.263. The first-order valence-electron chi connectivity index (χ1n) is 8.08. The SMILES string of the molecule is CCN(CC(=O)NCc1ccc(F)cc1)C(=O)c1cc(SC)ccc1Cl. The van der Waals surface area contributed by atoms with Crippen LogP contribution in [-0.4, -0.2) is 36.1 Å². The van der Waals surface area contributed by atoms with Crippen molar-refractivity contribution in [2.75, 3.05) is 19.3 Å². The largest absolute Gasteiger partial charge is 0.350 e. The lowest BCUT2D eigenvalue weighted by molar-refractivity contribution is -0.121. The number of rotatable bonds is 7. The highest BCUT2D eigenvalue weighted by Crippen LogP contribution is 2.24. The number of benzene rings is 2. The van der Waals surface area contributed by atoms with Gasteiger partial charge in [-0.2, -0.15) is 0 Å². The molecule has 0 aliphatic heterocycles. The molecule has 0 heterocycles. The van der Waals surface area contributed by atoms with Crippen molar-refractivity contribution < 1.29 is 14.0 Å². The van der Waals surface area contributed by atoms with E-state index >= 15 is 0 Å². The summed E-state index contributed by atoms with van der Waals surface area (Å²) in [5, 5.41) is 3.09. The molecule has 0 aliphatic carbocycles. The number of carbonyl (C=O) groups excluding carboxylic acids is 2. The molecule has 0 aliphatic rings. The Kier molecular flexibility index (Phi) is 7.48. The highest BCUT2D eigenvalue weighted by Gasteiger charge is 2.20. The number of likely N-dealkylation sites (N-methyl/N-ethyl adjacent to an activating group) is 1. The molecule has 7 heteroatoms. The maximum Gasteiger partial charge on any atom is 0.255 e. The predicted octanol–water partition coefficient (Wildman–Crippen LogP) is 3.98. The number of thioether (sulfide) groups is 1. The summed E-state index contributed by atoms with van der Waals surface area (Å²) in [5.74, 6) is -0.904. The zero-order chi connectivity index (χ0) is 19.1. The number of amides is 2. The summed E-state index contributed by atoms with van der Waals surface area (Å²) in [5.41, 5.74) is 1.16. The minimum atomic E-state index is -0.327. The molecule has 26 heavy (non-hydrogen) atoms. The molecule has 0 atom stereocenters. The lowest BCUT2D eigenvalue weighted by Gasteiger charge is -2.21. The van der Waals surface area contributed by atoms with E-state index in [-0.39, 0.29) is 30.7 Å². The molecule has 0 unspecified atom stereocenters. The molecule has 0 fully saturated rings. The van der Waals surface area contributed by atoms with Gasteiger partial charge in [-0.3, -0.25) is 9.59 Å². The van der Waals surface area contributed by atoms with Crippen LogP contribution in [0, 0.1) is 5.82 Å². The summed E-state index contributed by atoms with van der Waals surface area (Å²) in [7, 11) is 0. The van der Waals surface area contributed by atoms with Crippen LogP contribution in [0.2, 0.25) is 5.02 Å². The summed E-state index contributed by atoms with van der Waals surface area (Å²) in [6.45, 7) is 2.38. The number of nitrogens with zero attached hydrogens (tertiary/aromatic N) is 1. The predicted molar refractivity (Wildman–Crippen MR) is 103 cm³/mol. The van der Waals surface area contributed by atoms with Crippen LogP contribution in [0.5, 0.6) is 0 Å². The van der Waals surface area contributed by atoms with Crippen molar-refractivity contribution in [2.24, 2.45) is 0 Å². The molecule has 2 amide bonds. The van der Waals surface area contributed by atoms with Crippen LogP contribution in [-0.2, 0) is 11.3 Å². The van der Waals surface area contributed by atoms with Gasteiger partial charge in [0.05, 0.1) is 17.1 Å². The van der Waals surface area contributed by atoms with Crippen LogP contribution >= 0.6 is 23.4 Å². The summed E-state index contributed by atoms with van der Waals surface area (Å²) < 4.78 is 12.9. The van der Waals surface area contributed by atoms with E-state index in [1.54, 1.807) is 31.2 Å². The van der Waals surface area contributed by atoms with E-state index in [2.05, 4.69) is 5.32 Å². The van der Waals surface area contributed by atoms with Crippen LogP contribution in [0.1, 0.15) is 22.8 Å². The quantitative estimate of drug-likeness (QED) is 0.722. The molecule has 2 aromatic rings. The van der Waals surface area contributed by atoms with Gasteiger partial charge in [-0.15, -0.1) is 11.8 Å². The van der Waals surface area contributed by atoms with Crippen molar-refractivity contribution in [3.8, 4) is 0 Å². The Balaban J connectivity index is 2.00. The van der Waals surface area contributed by atoms with Gasteiger partial charge >= 0.3 is 0 Å². The summed E-state index contributed by atoms with van der Waals surface area (Å²) in [6, 6.07) is 11.1. The Morgan fingerprint density at radius 1 is 1.19 bits per heavy atom. The molecule has 2 aromatic carbocycles. The molecular weight excluding hydrogens is 375 g/mol. The van der Waals surface area contributed by atoms with Gasteiger partial charge < -0.3 is 10.2 Å². The molecule has 138 valence electrons. The minimum absolute atomic E-state index is 0.0731. The van der Waals surface area contributed by atoms with E-state index in [0.717, 1.165) is 10.5 Å². The second-order valence-electron chi connectivity index (χ2n) is 5.57. The van der Waals surface area contributed by atoms with E-state index in [1.807, 2.05) is 12.3 Å².